The maximum absolute atomic E-state index is 5.56. The Bertz CT molecular complexity index is 113. The molecule has 0 bridgehead atoms. The van der Waals surface area contributed by atoms with E-state index in [9.17, 15) is 0 Å². The Balaban J connectivity index is 0.000000344. The van der Waals surface area contributed by atoms with Crippen molar-refractivity contribution in [1.82, 2.24) is 5.32 Å². The van der Waals surface area contributed by atoms with Crippen LogP contribution in [0.25, 0.3) is 0 Å². The van der Waals surface area contributed by atoms with Gasteiger partial charge in [0.2, 0.25) is 0 Å². The summed E-state index contributed by atoms with van der Waals surface area (Å²) in [5, 5.41) is 3.11. The quantitative estimate of drug-likeness (QED) is 0.651. The molecule has 1 atom stereocenters. The van der Waals surface area contributed by atoms with Crippen LogP contribution in [0.15, 0.2) is 0 Å². The number of rotatable bonds is 5. The second-order valence-corrected chi connectivity index (χ2v) is 5.94. The lowest BCUT2D eigenvalue weighted by Crippen LogP contribution is -2.29. The predicted molar refractivity (Wildman–Crippen MR) is 61.7 cm³/mol. The SMILES string of the molecule is C1CNC1.CO[SiH](CCC(C)N)OC. The third-order valence-corrected chi connectivity index (χ3v) is 3.95. The zero-order valence-corrected chi connectivity index (χ0v) is 10.7. The standard InChI is InChI=1S/C6H17NO2Si.C3H7N/c1-6(7)4-5-10(8-2)9-3;1-2-4-3-1/h6,10H,4-5,7H2,1-3H3;4H,1-3H2. The first-order valence-electron chi connectivity index (χ1n) is 5.22. The second-order valence-electron chi connectivity index (χ2n) is 3.56. The van der Waals surface area contributed by atoms with E-state index < -0.39 is 9.28 Å². The average molecular weight is 220 g/mol. The molecule has 1 heterocycles. The van der Waals surface area contributed by atoms with E-state index in [4.69, 9.17) is 14.6 Å². The molecule has 1 rings (SSSR count). The molecule has 0 saturated carbocycles. The van der Waals surface area contributed by atoms with Crippen molar-refractivity contribution in [3.8, 4) is 0 Å². The van der Waals surface area contributed by atoms with Crippen LogP contribution in [0.1, 0.15) is 19.8 Å². The van der Waals surface area contributed by atoms with Crippen molar-refractivity contribution in [2.75, 3.05) is 27.3 Å². The van der Waals surface area contributed by atoms with Gasteiger partial charge in [0.15, 0.2) is 0 Å². The molecule has 1 fully saturated rings. The molecule has 5 heteroatoms. The molecule has 4 nitrogen and oxygen atoms in total. The first-order chi connectivity index (χ1) is 6.70. The molecule has 0 amide bonds. The average Bonchev–Trinajstić information content (AvgIpc) is 2.02. The molecule has 14 heavy (non-hydrogen) atoms. The minimum absolute atomic E-state index is 0.264. The Labute approximate surface area is 89.0 Å². The second kappa shape index (κ2) is 9.61. The number of nitrogens with one attached hydrogen (secondary N) is 1. The molecule has 0 aliphatic carbocycles. The predicted octanol–water partition coefficient (Wildman–Crippen LogP) is 0.217. The maximum atomic E-state index is 5.56. The highest BCUT2D eigenvalue weighted by Crippen LogP contribution is 2.00. The monoisotopic (exact) mass is 220 g/mol. The van der Waals surface area contributed by atoms with Crippen molar-refractivity contribution in [3.05, 3.63) is 0 Å². The van der Waals surface area contributed by atoms with Crippen molar-refractivity contribution in [1.29, 1.82) is 0 Å². The van der Waals surface area contributed by atoms with E-state index in [0.29, 0.717) is 0 Å². The van der Waals surface area contributed by atoms with Crippen molar-refractivity contribution in [2.45, 2.75) is 31.9 Å². The van der Waals surface area contributed by atoms with E-state index in [2.05, 4.69) is 5.32 Å². The van der Waals surface area contributed by atoms with Crippen LogP contribution in [-0.2, 0) is 8.85 Å². The maximum Gasteiger partial charge on any atom is 0.320 e. The zero-order valence-electron chi connectivity index (χ0n) is 9.58. The van der Waals surface area contributed by atoms with Gasteiger partial charge in [-0.2, -0.15) is 0 Å². The van der Waals surface area contributed by atoms with Crippen molar-refractivity contribution in [2.24, 2.45) is 5.73 Å². The van der Waals surface area contributed by atoms with Gasteiger partial charge in [0, 0.05) is 20.3 Å². The van der Waals surface area contributed by atoms with E-state index in [1.165, 1.54) is 19.5 Å². The summed E-state index contributed by atoms with van der Waals surface area (Å²) >= 11 is 0. The fraction of sp³-hybridized carbons (Fsp3) is 1.00. The Kier molecular flexibility index (Phi) is 9.64. The lowest BCUT2D eigenvalue weighted by atomic mass is 10.3. The summed E-state index contributed by atoms with van der Waals surface area (Å²) < 4.78 is 10.2. The highest BCUT2D eigenvalue weighted by Gasteiger charge is 2.09. The Hall–Kier alpha value is 0.0569. The molecule has 1 unspecified atom stereocenters. The van der Waals surface area contributed by atoms with Crippen LogP contribution in [0, 0.1) is 0 Å². The summed E-state index contributed by atoms with van der Waals surface area (Å²) in [7, 11) is 2.06. The smallest absolute Gasteiger partial charge is 0.320 e. The minimum Gasteiger partial charge on any atom is -0.400 e. The molecule has 86 valence electrons. The molecule has 0 radical (unpaired) electrons. The highest BCUT2D eigenvalue weighted by molar-refractivity contribution is 6.44. The Morgan fingerprint density at radius 2 is 1.79 bits per heavy atom. The highest BCUT2D eigenvalue weighted by atomic mass is 28.3. The number of nitrogens with two attached hydrogens (primary N) is 1. The molecule has 1 saturated heterocycles. The van der Waals surface area contributed by atoms with Gasteiger partial charge in [-0.3, -0.25) is 0 Å². The molecule has 3 N–H and O–H groups in total. The van der Waals surface area contributed by atoms with Gasteiger partial charge in [-0.25, -0.2) is 0 Å². The molecular formula is C9H24N2O2Si. The van der Waals surface area contributed by atoms with Crippen molar-refractivity contribution in [3.63, 3.8) is 0 Å². The molecule has 1 aliphatic heterocycles. The third-order valence-electron chi connectivity index (χ3n) is 2.09. The summed E-state index contributed by atoms with van der Waals surface area (Å²) in [6.07, 6.45) is 2.39. The minimum atomic E-state index is -1.33. The topological polar surface area (TPSA) is 56.5 Å². The summed E-state index contributed by atoms with van der Waals surface area (Å²) in [5.41, 5.74) is 5.56. The summed E-state index contributed by atoms with van der Waals surface area (Å²) in [5.74, 6) is 0. The third kappa shape index (κ3) is 8.65. The van der Waals surface area contributed by atoms with Crippen LogP contribution in [-0.4, -0.2) is 42.6 Å². The molecule has 0 spiro atoms. The van der Waals surface area contributed by atoms with E-state index in [0.717, 1.165) is 12.5 Å². The fourth-order valence-electron chi connectivity index (χ4n) is 0.908. The van der Waals surface area contributed by atoms with Crippen molar-refractivity contribution < 1.29 is 8.85 Å². The van der Waals surface area contributed by atoms with Gasteiger partial charge in [-0.1, -0.05) is 0 Å². The van der Waals surface area contributed by atoms with Gasteiger partial charge in [0.25, 0.3) is 0 Å². The van der Waals surface area contributed by atoms with Gasteiger partial charge in [0.05, 0.1) is 0 Å². The lowest BCUT2D eigenvalue weighted by Gasteiger charge is -2.11. The van der Waals surface area contributed by atoms with Gasteiger partial charge >= 0.3 is 9.28 Å². The van der Waals surface area contributed by atoms with Crippen LogP contribution in [0.5, 0.6) is 0 Å². The van der Waals surface area contributed by atoms with Crippen LogP contribution in [0.2, 0.25) is 6.04 Å². The number of hydrogen-bond acceptors (Lipinski definition) is 4. The molecule has 0 aromatic carbocycles. The van der Waals surface area contributed by atoms with E-state index in [1.807, 2.05) is 6.92 Å². The van der Waals surface area contributed by atoms with Crippen LogP contribution in [0.3, 0.4) is 0 Å². The fourth-order valence-corrected chi connectivity index (χ4v) is 2.37. The summed E-state index contributed by atoms with van der Waals surface area (Å²) in [6, 6.07) is 1.27. The largest absolute Gasteiger partial charge is 0.400 e. The van der Waals surface area contributed by atoms with E-state index in [1.54, 1.807) is 14.2 Å². The Morgan fingerprint density at radius 3 is 2.00 bits per heavy atom. The zero-order chi connectivity index (χ0) is 10.8. The molecule has 0 aromatic rings. The van der Waals surface area contributed by atoms with E-state index in [-0.39, 0.29) is 6.04 Å². The lowest BCUT2D eigenvalue weighted by molar-refractivity contribution is 0.275. The Morgan fingerprint density at radius 1 is 1.36 bits per heavy atom. The van der Waals surface area contributed by atoms with Gasteiger partial charge in [0.1, 0.15) is 0 Å². The summed E-state index contributed by atoms with van der Waals surface area (Å²) in [6.45, 7) is 4.50. The first kappa shape index (κ1) is 14.1. The molecule has 1 aliphatic rings. The molecular weight excluding hydrogens is 196 g/mol. The van der Waals surface area contributed by atoms with Gasteiger partial charge in [-0.15, -0.1) is 0 Å². The van der Waals surface area contributed by atoms with Gasteiger partial charge in [-0.05, 0) is 38.9 Å². The van der Waals surface area contributed by atoms with E-state index >= 15 is 0 Å². The van der Waals surface area contributed by atoms with Crippen LogP contribution >= 0.6 is 0 Å². The van der Waals surface area contributed by atoms with Crippen LogP contribution in [0.4, 0.5) is 0 Å². The summed E-state index contributed by atoms with van der Waals surface area (Å²) in [4.78, 5) is 0. The number of hydrogen-bond donors (Lipinski definition) is 2. The van der Waals surface area contributed by atoms with Crippen LogP contribution < -0.4 is 11.1 Å². The van der Waals surface area contributed by atoms with Gasteiger partial charge < -0.3 is 19.9 Å². The molecule has 0 aromatic heterocycles. The normalized spacial score (nSPS) is 16.9. The first-order valence-corrected chi connectivity index (χ1v) is 6.98. The van der Waals surface area contributed by atoms with Crippen molar-refractivity contribution >= 4 is 9.28 Å².